The molecule has 1 heterocycles. The van der Waals surface area contributed by atoms with Gasteiger partial charge in [0.2, 0.25) is 0 Å². The fourth-order valence-corrected chi connectivity index (χ4v) is 2.24. The van der Waals surface area contributed by atoms with E-state index in [9.17, 15) is 4.79 Å². The lowest BCUT2D eigenvalue weighted by Crippen LogP contribution is -2.45. The van der Waals surface area contributed by atoms with E-state index >= 15 is 0 Å². The molecule has 104 valence electrons. The average Bonchev–Trinajstić information content (AvgIpc) is 3.20. The van der Waals surface area contributed by atoms with Crippen LogP contribution in [-0.4, -0.2) is 23.0 Å². The van der Waals surface area contributed by atoms with Crippen LogP contribution in [0.2, 0.25) is 0 Å². The van der Waals surface area contributed by atoms with Crippen molar-refractivity contribution in [2.24, 2.45) is 5.92 Å². The molecule has 0 aliphatic heterocycles. The fourth-order valence-electron chi connectivity index (χ4n) is 2.24. The molecule has 1 aromatic rings. The summed E-state index contributed by atoms with van der Waals surface area (Å²) in [5.41, 5.74) is 0.499. The molecule has 1 aliphatic carbocycles. The fraction of sp³-hybridized carbons (Fsp3) is 0.600. The molecule has 0 radical (unpaired) electrons. The molecule has 4 heteroatoms. The van der Waals surface area contributed by atoms with E-state index in [2.05, 4.69) is 36.4 Å². The number of nitrogens with zero attached hydrogens (tertiary/aromatic N) is 1. The van der Waals surface area contributed by atoms with Gasteiger partial charge in [0.15, 0.2) is 0 Å². The van der Waals surface area contributed by atoms with Gasteiger partial charge in [0, 0.05) is 18.3 Å². The van der Waals surface area contributed by atoms with Crippen LogP contribution in [0, 0.1) is 5.92 Å². The number of rotatable bonds is 6. The molecule has 1 saturated carbocycles. The Morgan fingerprint density at radius 1 is 1.47 bits per heavy atom. The molecule has 19 heavy (non-hydrogen) atoms. The number of hydrogen-bond donors (Lipinski definition) is 2. The SMILES string of the molecule is CCCNc1ncccc1C(=O)NC(C)(C)C1CC1. The second kappa shape index (κ2) is 5.59. The van der Waals surface area contributed by atoms with Crippen LogP contribution in [0.3, 0.4) is 0 Å². The number of amides is 1. The molecule has 0 unspecified atom stereocenters. The van der Waals surface area contributed by atoms with Gasteiger partial charge in [0.25, 0.3) is 5.91 Å². The zero-order valence-corrected chi connectivity index (χ0v) is 12.0. The van der Waals surface area contributed by atoms with Gasteiger partial charge in [0.05, 0.1) is 5.56 Å². The highest BCUT2D eigenvalue weighted by Gasteiger charge is 2.39. The number of carbonyl (C=O) groups is 1. The third kappa shape index (κ3) is 3.46. The van der Waals surface area contributed by atoms with Gasteiger partial charge in [-0.2, -0.15) is 0 Å². The van der Waals surface area contributed by atoms with E-state index in [1.165, 1.54) is 12.8 Å². The first-order chi connectivity index (χ1) is 9.04. The molecule has 0 aromatic carbocycles. The van der Waals surface area contributed by atoms with Crippen LogP contribution >= 0.6 is 0 Å². The number of aromatic nitrogens is 1. The van der Waals surface area contributed by atoms with Crippen molar-refractivity contribution >= 4 is 11.7 Å². The van der Waals surface area contributed by atoms with Crippen LogP contribution in [0.5, 0.6) is 0 Å². The van der Waals surface area contributed by atoms with Crippen molar-refractivity contribution in [3.63, 3.8) is 0 Å². The zero-order chi connectivity index (χ0) is 13.9. The van der Waals surface area contributed by atoms with Crippen molar-refractivity contribution in [1.29, 1.82) is 0 Å². The molecule has 0 saturated heterocycles. The summed E-state index contributed by atoms with van der Waals surface area (Å²) in [6, 6.07) is 3.62. The summed E-state index contributed by atoms with van der Waals surface area (Å²) in [7, 11) is 0. The van der Waals surface area contributed by atoms with Gasteiger partial charge >= 0.3 is 0 Å². The van der Waals surface area contributed by atoms with E-state index in [-0.39, 0.29) is 11.4 Å². The first-order valence-electron chi connectivity index (χ1n) is 7.06. The first kappa shape index (κ1) is 13.8. The Morgan fingerprint density at radius 2 is 2.21 bits per heavy atom. The number of anilines is 1. The monoisotopic (exact) mass is 261 g/mol. The number of nitrogens with one attached hydrogen (secondary N) is 2. The second-order valence-corrected chi connectivity index (χ2v) is 5.78. The topological polar surface area (TPSA) is 54.0 Å². The summed E-state index contributed by atoms with van der Waals surface area (Å²) in [5.74, 6) is 1.25. The molecule has 1 fully saturated rings. The average molecular weight is 261 g/mol. The standard InChI is InChI=1S/C15H23N3O/c1-4-9-16-13-12(6-5-10-17-13)14(19)18-15(2,3)11-7-8-11/h5-6,10-11H,4,7-9H2,1-3H3,(H,16,17)(H,18,19). The predicted molar refractivity (Wildman–Crippen MR) is 77.3 cm³/mol. The van der Waals surface area contributed by atoms with E-state index in [0.717, 1.165) is 13.0 Å². The maximum atomic E-state index is 12.4. The summed E-state index contributed by atoms with van der Waals surface area (Å²) in [5, 5.41) is 6.33. The minimum atomic E-state index is -0.130. The van der Waals surface area contributed by atoms with Gasteiger partial charge in [-0.25, -0.2) is 4.98 Å². The maximum absolute atomic E-state index is 12.4. The Kier molecular flexibility index (Phi) is 4.08. The zero-order valence-electron chi connectivity index (χ0n) is 12.0. The molecule has 1 aliphatic rings. The van der Waals surface area contributed by atoms with Gasteiger partial charge in [-0.05, 0) is 51.2 Å². The van der Waals surface area contributed by atoms with E-state index in [0.29, 0.717) is 17.3 Å². The highest BCUT2D eigenvalue weighted by Crippen LogP contribution is 2.39. The molecule has 0 atom stereocenters. The van der Waals surface area contributed by atoms with E-state index < -0.39 is 0 Å². The third-order valence-electron chi connectivity index (χ3n) is 3.63. The lowest BCUT2D eigenvalue weighted by molar-refractivity contribution is 0.0904. The number of carbonyl (C=O) groups excluding carboxylic acids is 1. The Labute approximate surface area is 115 Å². The molecule has 0 spiro atoms. The lowest BCUT2D eigenvalue weighted by Gasteiger charge is -2.26. The summed E-state index contributed by atoms with van der Waals surface area (Å²) in [6.07, 6.45) is 5.13. The lowest BCUT2D eigenvalue weighted by atomic mass is 9.98. The van der Waals surface area contributed by atoms with Crippen LogP contribution in [0.4, 0.5) is 5.82 Å². The predicted octanol–water partition coefficient (Wildman–Crippen LogP) is 2.82. The highest BCUT2D eigenvalue weighted by molar-refractivity contribution is 5.99. The summed E-state index contributed by atoms with van der Waals surface area (Å²) >= 11 is 0. The van der Waals surface area contributed by atoms with Crippen LogP contribution in [0.1, 0.15) is 50.4 Å². The quantitative estimate of drug-likeness (QED) is 0.828. The Balaban J connectivity index is 2.09. The van der Waals surface area contributed by atoms with Gasteiger partial charge < -0.3 is 10.6 Å². The van der Waals surface area contributed by atoms with E-state index in [4.69, 9.17) is 0 Å². The highest BCUT2D eigenvalue weighted by atomic mass is 16.1. The van der Waals surface area contributed by atoms with Crippen molar-refractivity contribution in [3.8, 4) is 0 Å². The molecule has 1 aromatic heterocycles. The largest absolute Gasteiger partial charge is 0.369 e. The van der Waals surface area contributed by atoms with Gasteiger partial charge in [0.1, 0.15) is 5.82 Å². The van der Waals surface area contributed by atoms with Crippen LogP contribution < -0.4 is 10.6 Å². The number of pyridine rings is 1. The summed E-state index contributed by atoms with van der Waals surface area (Å²) in [6.45, 7) is 7.10. The van der Waals surface area contributed by atoms with Crippen molar-refractivity contribution in [2.45, 2.75) is 45.6 Å². The molecular formula is C15H23N3O. The van der Waals surface area contributed by atoms with Crippen molar-refractivity contribution in [2.75, 3.05) is 11.9 Å². The minimum Gasteiger partial charge on any atom is -0.369 e. The van der Waals surface area contributed by atoms with Gasteiger partial charge in [-0.15, -0.1) is 0 Å². The minimum absolute atomic E-state index is 0.0383. The molecular weight excluding hydrogens is 238 g/mol. The van der Waals surface area contributed by atoms with E-state index in [1.54, 1.807) is 12.3 Å². The van der Waals surface area contributed by atoms with Crippen molar-refractivity contribution < 1.29 is 4.79 Å². The molecule has 0 bridgehead atoms. The smallest absolute Gasteiger partial charge is 0.255 e. The molecule has 2 rings (SSSR count). The normalized spacial score (nSPS) is 15.1. The maximum Gasteiger partial charge on any atom is 0.255 e. The summed E-state index contributed by atoms with van der Waals surface area (Å²) < 4.78 is 0. The summed E-state index contributed by atoms with van der Waals surface area (Å²) in [4.78, 5) is 16.6. The Hall–Kier alpha value is -1.58. The molecule has 2 N–H and O–H groups in total. The van der Waals surface area contributed by atoms with Gasteiger partial charge in [-0.1, -0.05) is 6.92 Å². The molecule has 4 nitrogen and oxygen atoms in total. The first-order valence-corrected chi connectivity index (χ1v) is 7.06. The van der Waals surface area contributed by atoms with Crippen molar-refractivity contribution in [1.82, 2.24) is 10.3 Å². The van der Waals surface area contributed by atoms with Crippen molar-refractivity contribution in [3.05, 3.63) is 23.9 Å². The third-order valence-corrected chi connectivity index (χ3v) is 3.63. The van der Waals surface area contributed by atoms with Crippen LogP contribution in [0.15, 0.2) is 18.3 Å². The van der Waals surface area contributed by atoms with E-state index in [1.807, 2.05) is 6.07 Å². The Morgan fingerprint density at radius 3 is 2.84 bits per heavy atom. The van der Waals surface area contributed by atoms with Crippen LogP contribution in [-0.2, 0) is 0 Å². The Bertz CT molecular complexity index is 452. The molecule has 1 amide bonds. The number of hydrogen-bond acceptors (Lipinski definition) is 3. The van der Waals surface area contributed by atoms with Gasteiger partial charge in [-0.3, -0.25) is 4.79 Å². The second-order valence-electron chi connectivity index (χ2n) is 5.78. The van der Waals surface area contributed by atoms with Crippen LogP contribution in [0.25, 0.3) is 0 Å².